The molecule has 0 aromatic heterocycles. The van der Waals surface area contributed by atoms with Crippen molar-refractivity contribution in [2.75, 3.05) is 26.8 Å². The van der Waals surface area contributed by atoms with Gasteiger partial charge in [0.1, 0.15) is 6.54 Å². The molecule has 0 unspecified atom stereocenters. The van der Waals surface area contributed by atoms with E-state index in [2.05, 4.69) is 6.92 Å². The highest BCUT2D eigenvalue weighted by Crippen LogP contribution is 2.13. The van der Waals surface area contributed by atoms with Gasteiger partial charge in [-0.1, -0.05) is 110 Å². The van der Waals surface area contributed by atoms with E-state index in [1.165, 1.54) is 88.4 Å². The van der Waals surface area contributed by atoms with Crippen LogP contribution in [0.2, 0.25) is 0 Å². The smallest absolute Gasteiger partial charge is 0.410 e. The van der Waals surface area contributed by atoms with Crippen LogP contribution >= 0.6 is 0 Å². The normalized spacial score (nSPS) is 10.8. The second-order valence-electron chi connectivity index (χ2n) is 8.49. The molecule has 30 heavy (non-hydrogen) atoms. The monoisotopic (exact) mass is 427 g/mol. The third kappa shape index (κ3) is 20.0. The summed E-state index contributed by atoms with van der Waals surface area (Å²) in [6.45, 7) is 5.09. The van der Waals surface area contributed by atoms with Crippen molar-refractivity contribution in [2.45, 2.75) is 123 Å². The topological polar surface area (TPSA) is 55.8 Å². The summed E-state index contributed by atoms with van der Waals surface area (Å²) in [4.78, 5) is 24.7. The molecule has 0 N–H and O–H groups in total. The lowest BCUT2D eigenvalue weighted by Crippen LogP contribution is -2.33. The van der Waals surface area contributed by atoms with Crippen LogP contribution in [-0.4, -0.2) is 43.8 Å². The van der Waals surface area contributed by atoms with E-state index in [1.807, 2.05) is 6.92 Å². The predicted octanol–water partition coefficient (Wildman–Crippen LogP) is 7.27. The average Bonchev–Trinajstić information content (AvgIpc) is 2.73. The van der Waals surface area contributed by atoms with Gasteiger partial charge in [-0.3, -0.25) is 4.79 Å². The number of carbonyl (C=O) groups excluding carboxylic acids is 2. The number of ether oxygens (including phenoxy) is 2. The molecule has 0 rings (SSSR count). The van der Waals surface area contributed by atoms with E-state index in [-0.39, 0.29) is 12.5 Å². The fraction of sp³-hybridized carbons (Fsp3) is 0.920. The van der Waals surface area contributed by atoms with Gasteiger partial charge in [-0.15, -0.1) is 0 Å². The number of hydrogen-bond acceptors (Lipinski definition) is 4. The summed E-state index contributed by atoms with van der Waals surface area (Å²) in [5.41, 5.74) is 0. The quantitative estimate of drug-likeness (QED) is 0.143. The fourth-order valence-electron chi connectivity index (χ4n) is 3.38. The third-order valence-corrected chi connectivity index (χ3v) is 5.41. The SMILES string of the molecule is CCCCCCCCCCCCCCCCCOC(=O)CN(C)C(=O)OCCCC. The van der Waals surface area contributed by atoms with Gasteiger partial charge in [0, 0.05) is 7.05 Å². The Morgan fingerprint density at radius 2 is 0.967 bits per heavy atom. The zero-order chi connectivity index (χ0) is 22.3. The molecule has 1 amide bonds. The highest BCUT2D eigenvalue weighted by Gasteiger charge is 2.14. The lowest BCUT2D eigenvalue weighted by atomic mass is 10.0. The summed E-state index contributed by atoms with van der Waals surface area (Å²) in [6.07, 6.45) is 21.1. The minimum Gasteiger partial charge on any atom is -0.464 e. The Labute approximate surface area is 186 Å². The fourth-order valence-corrected chi connectivity index (χ4v) is 3.38. The van der Waals surface area contributed by atoms with E-state index in [9.17, 15) is 9.59 Å². The van der Waals surface area contributed by atoms with Crippen LogP contribution in [0.15, 0.2) is 0 Å². The first-order valence-corrected chi connectivity index (χ1v) is 12.6. The summed E-state index contributed by atoms with van der Waals surface area (Å²) < 4.78 is 10.3. The first-order valence-electron chi connectivity index (χ1n) is 12.6. The molecule has 0 saturated heterocycles. The van der Waals surface area contributed by atoms with Crippen molar-refractivity contribution < 1.29 is 19.1 Å². The number of amides is 1. The van der Waals surface area contributed by atoms with Gasteiger partial charge < -0.3 is 14.4 Å². The first kappa shape index (κ1) is 28.7. The molecule has 5 heteroatoms. The van der Waals surface area contributed by atoms with Crippen LogP contribution in [-0.2, 0) is 14.3 Å². The van der Waals surface area contributed by atoms with Crippen LogP contribution in [0.3, 0.4) is 0 Å². The largest absolute Gasteiger partial charge is 0.464 e. The van der Waals surface area contributed by atoms with E-state index in [0.717, 1.165) is 25.7 Å². The van der Waals surface area contributed by atoms with Gasteiger partial charge in [0.2, 0.25) is 0 Å². The predicted molar refractivity (Wildman–Crippen MR) is 125 cm³/mol. The Morgan fingerprint density at radius 3 is 1.43 bits per heavy atom. The standard InChI is InChI=1S/C25H49NO4/c1-4-6-8-9-10-11-12-13-14-15-16-17-18-19-20-22-29-24(27)23-26(3)25(28)30-21-7-5-2/h4-23H2,1-3H3. The van der Waals surface area contributed by atoms with Gasteiger partial charge in [0.15, 0.2) is 0 Å². The summed E-state index contributed by atoms with van der Waals surface area (Å²) in [7, 11) is 1.56. The maximum absolute atomic E-state index is 11.8. The van der Waals surface area contributed by atoms with Crippen molar-refractivity contribution in [3.63, 3.8) is 0 Å². The van der Waals surface area contributed by atoms with Crippen LogP contribution in [0.25, 0.3) is 0 Å². The zero-order valence-electron chi connectivity index (χ0n) is 20.2. The zero-order valence-corrected chi connectivity index (χ0v) is 20.2. The highest BCUT2D eigenvalue weighted by molar-refractivity contribution is 5.77. The second-order valence-corrected chi connectivity index (χ2v) is 8.49. The van der Waals surface area contributed by atoms with E-state index < -0.39 is 6.09 Å². The maximum atomic E-state index is 11.8. The molecule has 0 aliphatic carbocycles. The van der Waals surface area contributed by atoms with Gasteiger partial charge in [-0.05, 0) is 12.8 Å². The molecule has 0 saturated carbocycles. The molecule has 0 spiro atoms. The first-order chi connectivity index (χ1) is 14.6. The van der Waals surface area contributed by atoms with Crippen molar-refractivity contribution in [1.29, 1.82) is 0 Å². The minimum atomic E-state index is -0.465. The molecular weight excluding hydrogens is 378 g/mol. The van der Waals surface area contributed by atoms with Crippen molar-refractivity contribution in [1.82, 2.24) is 4.90 Å². The van der Waals surface area contributed by atoms with Crippen LogP contribution < -0.4 is 0 Å². The number of nitrogens with zero attached hydrogens (tertiary/aromatic N) is 1. The minimum absolute atomic E-state index is 0.0519. The summed E-state index contributed by atoms with van der Waals surface area (Å²) in [5, 5.41) is 0. The molecular formula is C25H49NO4. The summed E-state index contributed by atoms with van der Waals surface area (Å²) >= 11 is 0. The molecule has 0 aromatic carbocycles. The molecule has 0 heterocycles. The lowest BCUT2D eigenvalue weighted by molar-refractivity contribution is -0.144. The average molecular weight is 428 g/mol. The van der Waals surface area contributed by atoms with Gasteiger partial charge in [-0.25, -0.2) is 4.79 Å². The summed E-state index contributed by atoms with van der Waals surface area (Å²) in [5.74, 6) is -0.365. The van der Waals surface area contributed by atoms with E-state index >= 15 is 0 Å². The Balaban J connectivity index is 3.33. The number of hydrogen-bond donors (Lipinski definition) is 0. The Kier molecular flexibility index (Phi) is 21.5. The molecule has 0 fully saturated rings. The van der Waals surface area contributed by atoms with Gasteiger partial charge in [0.05, 0.1) is 13.2 Å². The molecule has 0 atom stereocenters. The van der Waals surface area contributed by atoms with Crippen molar-refractivity contribution >= 4 is 12.1 Å². The van der Waals surface area contributed by atoms with Crippen molar-refractivity contribution in [2.24, 2.45) is 0 Å². The Bertz CT molecular complexity index is 401. The van der Waals surface area contributed by atoms with Gasteiger partial charge in [-0.2, -0.15) is 0 Å². The van der Waals surface area contributed by atoms with E-state index in [0.29, 0.717) is 13.2 Å². The molecule has 0 aliphatic rings. The van der Waals surface area contributed by atoms with Crippen molar-refractivity contribution in [3.05, 3.63) is 0 Å². The molecule has 0 aromatic rings. The summed E-state index contributed by atoms with van der Waals surface area (Å²) in [6, 6.07) is 0. The highest BCUT2D eigenvalue weighted by atomic mass is 16.6. The molecule has 0 radical (unpaired) electrons. The van der Waals surface area contributed by atoms with Crippen LogP contribution in [0.4, 0.5) is 4.79 Å². The van der Waals surface area contributed by atoms with Crippen molar-refractivity contribution in [3.8, 4) is 0 Å². The molecule has 0 aliphatic heterocycles. The van der Waals surface area contributed by atoms with E-state index in [4.69, 9.17) is 9.47 Å². The second kappa shape index (κ2) is 22.4. The lowest BCUT2D eigenvalue weighted by Gasteiger charge is -2.16. The number of rotatable bonds is 21. The molecule has 5 nitrogen and oxygen atoms in total. The Morgan fingerprint density at radius 1 is 0.567 bits per heavy atom. The van der Waals surface area contributed by atoms with Gasteiger partial charge >= 0.3 is 12.1 Å². The van der Waals surface area contributed by atoms with Crippen LogP contribution in [0, 0.1) is 0 Å². The van der Waals surface area contributed by atoms with E-state index in [1.54, 1.807) is 7.05 Å². The molecule has 0 bridgehead atoms. The van der Waals surface area contributed by atoms with Crippen LogP contribution in [0.1, 0.15) is 123 Å². The number of esters is 1. The Hall–Kier alpha value is -1.26. The third-order valence-electron chi connectivity index (χ3n) is 5.41. The number of carbonyl (C=O) groups is 2. The number of likely N-dealkylation sites (N-methyl/N-ethyl adjacent to an activating group) is 1. The van der Waals surface area contributed by atoms with Crippen LogP contribution in [0.5, 0.6) is 0 Å². The molecule has 178 valence electrons. The maximum Gasteiger partial charge on any atom is 0.410 e. The van der Waals surface area contributed by atoms with Gasteiger partial charge in [0.25, 0.3) is 0 Å². The number of unbranched alkanes of at least 4 members (excludes halogenated alkanes) is 15.